The molecule has 1 aromatic carbocycles. The molecular weight excluding hydrogens is 210 g/mol. The summed E-state index contributed by atoms with van der Waals surface area (Å²) in [6.45, 7) is 2.85. The highest BCUT2D eigenvalue weighted by molar-refractivity contribution is 6.24. The lowest BCUT2D eigenvalue weighted by atomic mass is 9.86. The summed E-state index contributed by atoms with van der Waals surface area (Å²) in [6, 6.07) is 8.21. The molecule has 3 rings (SSSR count). The predicted octanol–water partition coefficient (Wildman–Crippen LogP) is 2.32. The summed E-state index contributed by atoms with van der Waals surface area (Å²) in [7, 11) is 0. The van der Waals surface area contributed by atoms with Gasteiger partial charge in [0.25, 0.3) is 0 Å². The summed E-state index contributed by atoms with van der Waals surface area (Å²) in [5.41, 5.74) is 4.22. The smallest absolute Gasteiger partial charge is 0.172 e. The van der Waals surface area contributed by atoms with E-state index in [-0.39, 0.29) is 11.7 Å². The minimum atomic E-state index is -0.0123. The van der Waals surface area contributed by atoms with Crippen molar-refractivity contribution in [3.05, 3.63) is 53.2 Å². The van der Waals surface area contributed by atoms with Crippen LogP contribution in [0.1, 0.15) is 18.1 Å². The number of hydrogen-bond donors (Lipinski definition) is 1. The molecule has 86 valence electrons. The van der Waals surface area contributed by atoms with Crippen LogP contribution in [0.25, 0.3) is 5.57 Å². The highest BCUT2D eigenvalue weighted by Gasteiger charge is 2.26. The minimum absolute atomic E-state index is 0.0123. The van der Waals surface area contributed by atoms with E-state index in [2.05, 4.69) is 17.4 Å². The molecule has 1 aliphatic heterocycles. The Bertz CT molecular complexity index is 540. The van der Waals surface area contributed by atoms with Crippen LogP contribution in [0.2, 0.25) is 0 Å². The van der Waals surface area contributed by atoms with Crippen molar-refractivity contribution in [3.63, 3.8) is 0 Å². The first-order chi connectivity index (χ1) is 8.27. The molecule has 2 nitrogen and oxygen atoms in total. The number of nitrogens with one attached hydrogen (secondary N) is 1. The van der Waals surface area contributed by atoms with Crippen molar-refractivity contribution in [2.24, 2.45) is 5.92 Å². The van der Waals surface area contributed by atoms with Crippen molar-refractivity contribution in [1.82, 2.24) is 5.32 Å². The highest BCUT2D eigenvalue weighted by Crippen LogP contribution is 2.31. The summed E-state index contributed by atoms with van der Waals surface area (Å²) in [5.74, 6) is 0.214. The molecule has 0 saturated heterocycles. The number of carbonyl (C=O) groups is 1. The Labute approximate surface area is 101 Å². The molecule has 0 aromatic heterocycles. The van der Waals surface area contributed by atoms with Crippen LogP contribution in [-0.4, -0.2) is 12.3 Å². The van der Waals surface area contributed by atoms with Gasteiger partial charge in [-0.25, -0.2) is 0 Å². The lowest BCUT2D eigenvalue weighted by Crippen LogP contribution is -2.21. The normalized spacial score (nSPS) is 22.6. The van der Waals surface area contributed by atoms with Crippen molar-refractivity contribution < 1.29 is 4.79 Å². The van der Waals surface area contributed by atoms with E-state index < -0.39 is 0 Å². The third-order valence-electron chi connectivity index (χ3n) is 3.48. The number of benzene rings is 1. The quantitative estimate of drug-likeness (QED) is 0.734. The van der Waals surface area contributed by atoms with Crippen LogP contribution in [0.5, 0.6) is 0 Å². The van der Waals surface area contributed by atoms with E-state index in [0.29, 0.717) is 0 Å². The van der Waals surface area contributed by atoms with Crippen LogP contribution < -0.4 is 5.32 Å². The van der Waals surface area contributed by atoms with Gasteiger partial charge < -0.3 is 5.32 Å². The lowest BCUT2D eigenvalue weighted by molar-refractivity contribution is -0.115. The van der Waals surface area contributed by atoms with Gasteiger partial charge in [-0.2, -0.15) is 0 Å². The van der Waals surface area contributed by atoms with Crippen molar-refractivity contribution in [3.8, 4) is 0 Å². The molecule has 1 N–H and O–H groups in total. The zero-order chi connectivity index (χ0) is 11.8. The second-order valence-electron chi connectivity index (χ2n) is 4.63. The lowest BCUT2D eigenvalue weighted by Gasteiger charge is -2.18. The average molecular weight is 225 g/mol. The van der Waals surface area contributed by atoms with E-state index in [9.17, 15) is 4.79 Å². The molecule has 2 aliphatic rings. The third kappa shape index (κ3) is 1.60. The second-order valence-corrected chi connectivity index (χ2v) is 4.63. The molecule has 1 unspecified atom stereocenters. The molecule has 0 bridgehead atoms. The Morgan fingerprint density at radius 2 is 2.12 bits per heavy atom. The van der Waals surface area contributed by atoms with Gasteiger partial charge in [0.05, 0.1) is 0 Å². The van der Waals surface area contributed by atoms with Gasteiger partial charge in [-0.05, 0) is 23.6 Å². The number of Topliss-reactive ketones (excluding diaryl/α,β-unsaturated/α-hetero) is 1. The Morgan fingerprint density at radius 1 is 1.29 bits per heavy atom. The molecule has 0 saturated carbocycles. The fourth-order valence-electron chi connectivity index (χ4n) is 2.51. The summed E-state index contributed by atoms with van der Waals surface area (Å²) < 4.78 is 0. The van der Waals surface area contributed by atoms with Gasteiger partial charge in [0.1, 0.15) is 0 Å². The van der Waals surface area contributed by atoms with Gasteiger partial charge in [0.2, 0.25) is 0 Å². The monoisotopic (exact) mass is 225 g/mol. The van der Waals surface area contributed by atoms with E-state index in [4.69, 9.17) is 0 Å². The van der Waals surface area contributed by atoms with E-state index in [1.165, 1.54) is 5.56 Å². The van der Waals surface area contributed by atoms with E-state index in [1.54, 1.807) is 0 Å². The Hall–Kier alpha value is -1.83. The average Bonchev–Trinajstić information content (AvgIpc) is 2.53. The predicted molar refractivity (Wildman–Crippen MR) is 68.4 cm³/mol. The van der Waals surface area contributed by atoms with Crippen LogP contribution in [-0.2, 0) is 11.2 Å². The van der Waals surface area contributed by atoms with Crippen LogP contribution in [0.3, 0.4) is 0 Å². The van der Waals surface area contributed by atoms with Crippen LogP contribution in [0, 0.1) is 5.92 Å². The van der Waals surface area contributed by atoms with E-state index in [1.807, 2.05) is 31.2 Å². The van der Waals surface area contributed by atoms with Crippen molar-refractivity contribution in [2.45, 2.75) is 13.3 Å². The topological polar surface area (TPSA) is 29.1 Å². The Morgan fingerprint density at radius 3 is 3.00 bits per heavy atom. The molecule has 0 fully saturated rings. The maximum Gasteiger partial charge on any atom is 0.172 e. The number of allylic oxidation sites excluding steroid dienone is 3. The second kappa shape index (κ2) is 3.88. The summed E-state index contributed by atoms with van der Waals surface area (Å²) in [4.78, 5) is 12.3. The molecule has 1 aliphatic carbocycles. The standard InChI is InChI=1S/C15H15NO/c1-10-6-7-13-14(15(10)17)12-5-3-2-4-11(12)8-9-16-13/h2-7,10,16H,8-9H2,1H3. The molecule has 1 heterocycles. The van der Waals surface area contributed by atoms with Crippen molar-refractivity contribution in [2.75, 3.05) is 6.54 Å². The van der Waals surface area contributed by atoms with Gasteiger partial charge in [-0.3, -0.25) is 4.79 Å². The first kappa shape index (κ1) is 10.3. The molecule has 1 aromatic rings. The Balaban J connectivity index is 2.22. The molecule has 2 heteroatoms. The number of hydrogen-bond acceptors (Lipinski definition) is 2. The van der Waals surface area contributed by atoms with Crippen LogP contribution in [0.15, 0.2) is 42.1 Å². The minimum Gasteiger partial charge on any atom is -0.384 e. The molecule has 0 radical (unpaired) electrons. The van der Waals surface area contributed by atoms with E-state index >= 15 is 0 Å². The first-order valence-corrected chi connectivity index (χ1v) is 6.06. The fraction of sp³-hybridized carbons (Fsp3) is 0.267. The fourth-order valence-corrected chi connectivity index (χ4v) is 2.51. The SMILES string of the molecule is CC1C=CC2=C(C1=O)c1ccccc1CCN2. The maximum atomic E-state index is 12.3. The summed E-state index contributed by atoms with van der Waals surface area (Å²) >= 11 is 0. The van der Waals surface area contributed by atoms with Gasteiger partial charge in [-0.15, -0.1) is 0 Å². The zero-order valence-electron chi connectivity index (χ0n) is 9.86. The summed E-state index contributed by atoms with van der Waals surface area (Å²) in [5, 5.41) is 3.35. The highest BCUT2D eigenvalue weighted by atomic mass is 16.1. The van der Waals surface area contributed by atoms with Crippen molar-refractivity contribution >= 4 is 11.4 Å². The molecular formula is C15H15NO. The third-order valence-corrected chi connectivity index (χ3v) is 3.48. The van der Waals surface area contributed by atoms with Gasteiger partial charge in [0, 0.05) is 23.7 Å². The van der Waals surface area contributed by atoms with E-state index in [0.717, 1.165) is 29.8 Å². The van der Waals surface area contributed by atoms with Crippen LogP contribution in [0.4, 0.5) is 0 Å². The number of rotatable bonds is 0. The number of carbonyl (C=O) groups excluding carboxylic acids is 1. The Kier molecular flexibility index (Phi) is 2.36. The zero-order valence-corrected chi connectivity index (χ0v) is 9.86. The number of ketones is 1. The van der Waals surface area contributed by atoms with Gasteiger partial charge in [-0.1, -0.05) is 37.3 Å². The first-order valence-electron chi connectivity index (χ1n) is 6.06. The maximum absolute atomic E-state index is 12.3. The van der Waals surface area contributed by atoms with Crippen LogP contribution >= 0.6 is 0 Å². The summed E-state index contributed by atoms with van der Waals surface area (Å²) in [6.07, 6.45) is 4.99. The van der Waals surface area contributed by atoms with Gasteiger partial charge >= 0.3 is 0 Å². The molecule has 0 spiro atoms. The number of fused-ring (bicyclic) bond motifs is 2. The molecule has 1 atom stereocenters. The largest absolute Gasteiger partial charge is 0.384 e. The van der Waals surface area contributed by atoms with Gasteiger partial charge in [0.15, 0.2) is 5.78 Å². The molecule has 0 amide bonds. The molecule has 17 heavy (non-hydrogen) atoms. The van der Waals surface area contributed by atoms with Crippen molar-refractivity contribution in [1.29, 1.82) is 0 Å².